The van der Waals surface area contributed by atoms with Crippen molar-refractivity contribution in [2.24, 2.45) is 11.8 Å². The van der Waals surface area contributed by atoms with E-state index in [1.54, 1.807) is 12.1 Å². The van der Waals surface area contributed by atoms with Gasteiger partial charge >= 0.3 is 0 Å². The average molecular weight is 555 g/mol. The molecule has 0 fully saturated rings. The minimum Gasteiger partial charge on any atom is -0.497 e. The number of aliphatic hydroxyl groups is 1. The first kappa shape index (κ1) is 30.8. The summed E-state index contributed by atoms with van der Waals surface area (Å²) in [6.45, 7) is 5.15. The number of carbonyl (C=O) groups is 1. The normalized spacial score (nSPS) is 14.8. The van der Waals surface area contributed by atoms with Gasteiger partial charge in [-0.05, 0) is 42.2 Å². The van der Waals surface area contributed by atoms with E-state index in [2.05, 4.69) is 5.32 Å². The molecule has 37 heavy (non-hydrogen) atoms. The SMILES string of the molecule is COc1ccc(S(=O)(=O)N(CC(C)C)C[C@@H](O)C(Cc2ccccc2)NC(=O)[C@H](C)CS(C)(=O)=O)cc1. The fraction of sp³-hybridized carbons (Fsp3) is 0.500. The molecule has 0 aromatic heterocycles. The van der Waals surface area contributed by atoms with Crippen molar-refractivity contribution in [3.63, 3.8) is 0 Å². The van der Waals surface area contributed by atoms with Gasteiger partial charge in [-0.1, -0.05) is 51.1 Å². The standard InChI is InChI=1S/C26H38N2O7S2/c1-19(2)16-28(37(33,34)23-13-11-22(35-4)12-14-23)17-25(29)24(15-21-9-7-6-8-10-21)27-26(30)20(3)18-36(5,31)32/h6-14,19-20,24-25,29H,15-18H2,1-5H3,(H,27,30)/t20-,24?,25-/m1/s1. The van der Waals surface area contributed by atoms with Crippen LogP contribution in [-0.2, 0) is 31.1 Å². The molecule has 9 nitrogen and oxygen atoms in total. The third-order valence-corrected chi connectivity index (χ3v) is 8.70. The fourth-order valence-electron chi connectivity index (χ4n) is 3.92. The molecule has 0 saturated heterocycles. The third-order valence-electron chi connectivity index (χ3n) is 5.75. The lowest BCUT2D eigenvalue weighted by atomic mass is 10.00. The molecule has 1 amide bonds. The number of benzene rings is 2. The molecular weight excluding hydrogens is 516 g/mol. The molecule has 2 aromatic carbocycles. The molecule has 0 aliphatic rings. The van der Waals surface area contributed by atoms with Crippen LogP contribution in [0.25, 0.3) is 0 Å². The van der Waals surface area contributed by atoms with Gasteiger partial charge in [-0.2, -0.15) is 4.31 Å². The molecule has 2 rings (SSSR count). The van der Waals surface area contributed by atoms with Crippen LogP contribution in [-0.4, -0.2) is 76.5 Å². The highest BCUT2D eigenvalue weighted by Crippen LogP contribution is 2.22. The van der Waals surface area contributed by atoms with Crippen LogP contribution < -0.4 is 10.1 Å². The molecule has 0 heterocycles. The lowest BCUT2D eigenvalue weighted by Crippen LogP contribution is -2.52. The molecule has 0 aliphatic heterocycles. The Balaban J connectivity index is 2.33. The van der Waals surface area contributed by atoms with Gasteiger partial charge in [-0.3, -0.25) is 4.79 Å². The van der Waals surface area contributed by atoms with Crippen molar-refractivity contribution in [2.75, 3.05) is 32.2 Å². The molecule has 0 radical (unpaired) electrons. The van der Waals surface area contributed by atoms with Crippen molar-refractivity contribution in [3.05, 3.63) is 60.2 Å². The first-order valence-corrected chi connectivity index (χ1v) is 15.6. The van der Waals surface area contributed by atoms with Gasteiger partial charge in [0.25, 0.3) is 0 Å². The first-order chi connectivity index (χ1) is 17.2. The van der Waals surface area contributed by atoms with Gasteiger partial charge < -0.3 is 15.2 Å². The van der Waals surface area contributed by atoms with E-state index in [0.29, 0.717) is 5.75 Å². The number of methoxy groups -OCH3 is 1. The quantitative estimate of drug-likeness (QED) is 0.366. The van der Waals surface area contributed by atoms with E-state index in [-0.39, 0.29) is 36.1 Å². The van der Waals surface area contributed by atoms with E-state index in [4.69, 9.17) is 4.74 Å². The minimum atomic E-state index is -3.97. The van der Waals surface area contributed by atoms with Gasteiger partial charge in [0.2, 0.25) is 15.9 Å². The Hall–Kier alpha value is -2.47. The van der Waals surface area contributed by atoms with Crippen molar-refractivity contribution in [1.29, 1.82) is 0 Å². The summed E-state index contributed by atoms with van der Waals surface area (Å²) in [6.07, 6.45) is 0.0274. The Bertz CT molecular complexity index is 1220. The number of amides is 1. The van der Waals surface area contributed by atoms with Crippen LogP contribution in [0, 0.1) is 11.8 Å². The summed E-state index contributed by atoms with van der Waals surface area (Å²) in [7, 11) is -5.87. The Morgan fingerprint density at radius 3 is 2.08 bits per heavy atom. The molecule has 0 bridgehead atoms. The summed E-state index contributed by atoms with van der Waals surface area (Å²) in [5, 5.41) is 14.0. The molecule has 2 aromatic rings. The van der Waals surface area contributed by atoms with Gasteiger partial charge in [0.1, 0.15) is 15.6 Å². The topological polar surface area (TPSA) is 130 Å². The van der Waals surface area contributed by atoms with E-state index < -0.39 is 43.8 Å². The maximum atomic E-state index is 13.5. The van der Waals surface area contributed by atoms with Crippen molar-refractivity contribution < 1.29 is 31.5 Å². The van der Waals surface area contributed by atoms with Gasteiger partial charge in [0, 0.05) is 25.3 Å². The Kier molecular flexibility index (Phi) is 11.1. The van der Waals surface area contributed by atoms with E-state index in [1.807, 2.05) is 44.2 Å². The fourth-order valence-corrected chi connectivity index (χ4v) is 6.60. The summed E-state index contributed by atoms with van der Waals surface area (Å²) in [4.78, 5) is 12.9. The van der Waals surface area contributed by atoms with Gasteiger partial charge in [0.15, 0.2) is 0 Å². The van der Waals surface area contributed by atoms with Crippen LogP contribution in [0.2, 0.25) is 0 Å². The highest BCUT2D eigenvalue weighted by molar-refractivity contribution is 7.90. The van der Waals surface area contributed by atoms with Gasteiger partial charge in [-0.15, -0.1) is 0 Å². The number of hydrogen-bond acceptors (Lipinski definition) is 7. The molecule has 11 heteroatoms. The predicted molar refractivity (Wildman–Crippen MR) is 144 cm³/mol. The third kappa shape index (κ3) is 9.73. The van der Waals surface area contributed by atoms with Crippen LogP contribution in [0.5, 0.6) is 5.75 Å². The second-order valence-electron chi connectivity index (χ2n) is 9.76. The van der Waals surface area contributed by atoms with Crippen molar-refractivity contribution in [3.8, 4) is 5.75 Å². The smallest absolute Gasteiger partial charge is 0.243 e. The molecule has 206 valence electrons. The van der Waals surface area contributed by atoms with E-state index in [9.17, 15) is 26.7 Å². The predicted octanol–water partition coefficient (Wildman–Crippen LogP) is 2.11. The summed E-state index contributed by atoms with van der Waals surface area (Å²) < 4.78 is 56.7. The number of hydrogen-bond donors (Lipinski definition) is 2. The number of aliphatic hydroxyl groups excluding tert-OH is 1. The number of nitrogens with one attached hydrogen (secondary N) is 1. The van der Waals surface area contributed by atoms with Crippen molar-refractivity contribution in [1.82, 2.24) is 9.62 Å². The lowest BCUT2D eigenvalue weighted by molar-refractivity contribution is -0.125. The van der Waals surface area contributed by atoms with Gasteiger partial charge in [0.05, 0.1) is 29.9 Å². The number of sulfone groups is 1. The largest absolute Gasteiger partial charge is 0.497 e. The number of sulfonamides is 1. The molecular formula is C26H38N2O7S2. The minimum absolute atomic E-state index is 0.0304. The van der Waals surface area contributed by atoms with E-state index in [1.165, 1.54) is 30.5 Å². The monoisotopic (exact) mass is 554 g/mol. The first-order valence-electron chi connectivity index (χ1n) is 12.1. The van der Waals surface area contributed by atoms with E-state index in [0.717, 1.165) is 11.8 Å². The maximum Gasteiger partial charge on any atom is 0.243 e. The zero-order valence-corrected chi connectivity index (χ0v) is 23.6. The summed E-state index contributed by atoms with van der Waals surface area (Å²) in [5.74, 6) is -1.22. The molecule has 2 N–H and O–H groups in total. The summed E-state index contributed by atoms with van der Waals surface area (Å²) in [5.41, 5.74) is 0.830. The number of nitrogens with zero attached hydrogens (tertiary/aromatic N) is 1. The molecule has 1 unspecified atom stereocenters. The zero-order chi connectivity index (χ0) is 27.8. The number of ether oxygens (including phenoxy) is 1. The molecule has 3 atom stereocenters. The number of carbonyl (C=O) groups excluding carboxylic acids is 1. The zero-order valence-electron chi connectivity index (χ0n) is 22.0. The van der Waals surface area contributed by atoms with Crippen LogP contribution in [0.15, 0.2) is 59.5 Å². The highest BCUT2D eigenvalue weighted by atomic mass is 32.2. The summed E-state index contributed by atoms with van der Waals surface area (Å²) in [6, 6.07) is 14.3. The van der Waals surface area contributed by atoms with Crippen LogP contribution in [0.4, 0.5) is 0 Å². The van der Waals surface area contributed by atoms with E-state index >= 15 is 0 Å². The molecule has 0 aliphatic carbocycles. The Morgan fingerprint density at radius 2 is 1.57 bits per heavy atom. The van der Waals surface area contributed by atoms with Crippen LogP contribution in [0.3, 0.4) is 0 Å². The maximum absolute atomic E-state index is 13.5. The second-order valence-corrected chi connectivity index (χ2v) is 13.9. The molecule has 0 saturated carbocycles. The van der Waals surface area contributed by atoms with Crippen LogP contribution >= 0.6 is 0 Å². The van der Waals surface area contributed by atoms with Crippen molar-refractivity contribution in [2.45, 2.75) is 44.2 Å². The Labute approximate surface area is 220 Å². The van der Waals surface area contributed by atoms with Crippen molar-refractivity contribution >= 4 is 25.8 Å². The lowest BCUT2D eigenvalue weighted by Gasteiger charge is -2.31. The van der Waals surface area contributed by atoms with Crippen LogP contribution in [0.1, 0.15) is 26.3 Å². The Morgan fingerprint density at radius 1 is 0.973 bits per heavy atom. The second kappa shape index (κ2) is 13.4. The van der Waals surface area contributed by atoms with Gasteiger partial charge in [-0.25, -0.2) is 16.8 Å². The summed E-state index contributed by atoms with van der Waals surface area (Å²) >= 11 is 0. The number of rotatable bonds is 14. The highest BCUT2D eigenvalue weighted by Gasteiger charge is 2.32. The average Bonchev–Trinajstić information content (AvgIpc) is 2.82. The molecule has 0 spiro atoms.